The molecule has 0 saturated heterocycles. The van der Waals surface area contributed by atoms with E-state index in [4.69, 9.17) is 4.74 Å². The molecule has 2 aromatic rings. The number of ether oxygens (including phenoxy) is 1. The van der Waals surface area contributed by atoms with Crippen LogP contribution in [-0.2, 0) is 5.66 Å². The summed E-state index contributed by atoms with van der Waals surface area (Å²) in [5.74, 6) is 0.839. The minimum absolute atomic E-state index is 0.0376. The Kier molecular flexibility index (Phi) is 3.99. The van der Waals surface area contributed by atoms with Crippen molar-refractivity contribution in [3.05, 3.63) is 59.7 Å². The number of carbonyl (C=O) groups is 1. The molecular weight excluding hydrogens is 288 g/mol. The van der Waals surface area contributed by atoms with E-state index in [1.807, 2.05) is 74.2 Å². The van der Waals surface area contributed by atoms with Crippen LogP contribution in [-0.4, -0.2) is 24.0 Å². The van der Waals surface area contributed by atoms with Gasteiger partial charge in [0.2, 0.25) is 0 Å². The zero-order chi connectivity index (χ0) is 16.4. The van der Waals surface area contributed by atoms with Gasteiger partial charge in [0.15, 0.2) is 0 Å². The van der Waals surface area contributed by atoms with Crippen LogP contribution in [0.2, 0.25) is 0 Å². The quantitative estimate of drug-likeness (QED) is 0.932. The standard InChI is InChI=1S/C19H22N2O2/c1-4-21-18(22)14-10-6-8-12-16(14)20-19(21,3)15-11-7-9-13-17(15)23-5-2/h6-13,20H,4-5H2,1-3H3. The van der Waals surface area contributed by atoms with Gasteiger partial charge in [-0.1, -0.05) is 30.3 Å². The van der Waals surface area contributed by atoms with E-state index in [2.05, 4.69) is 5.32 Å². The van der Waals surface area contributed by atoms with E-state index in [1.165, 1.54) is 0 Å². The average Bonchev–Trinajstić information content (AvgIpc) is 2.56. The predicted molar refractivity (Wildman–Crippen MR) is 91.7 cm³/mol. The van der Waals surface area contributed by atoms with Crippen LogP contribution in [0.25, 0.3) is 0 Å². The highest BCUT2D eigenvalue weighted by molar-refractivity contribution is 6.02. The molecule has 1 N–H and O–H groups in total. The molecule has 2 aromatic carbocycles. The number of hydrogen-bond donors (Lipinski definition) is 1. The van der Waals surface area contributed by atoms with Crippen molar-refractivity contribution in [1.29, 1.82) is 0 Å². The number of hydrogen-bond acceptors (Lipinski definition) is 3. The zero-order valence-electron chi connectivity index (χ0n) is 13.8. The SMILES string of the molecule is CCOc1ccccc1C1(C)Nc2ccccc2C(=O)N1CC. The predicted octanol–water partition coefficient (Wildman–Crippen LogP) is 3.85. The lowest BCUT2D eigenvalue weighted by Gasteiger charge is -2.46. The van der Waals surface area contributed by atoms with E-state index in [0.717, 1.165) is 17.0 Å². The van der Waals surface area contributed by atoms with Crippen LogP contribution in [0, 0.1) is 0 Å². The van der Waals surface area contributed by atoms with Gasteiger partial charge in [-0.15, -0.1) is 0 Å². The Hall–Kier alpha value is -2.49. The number of amides is 1. The number of nitrogens with one attached hydrogen (secondary N) is 1. The van der Waals surface area contributed by atoms with Gasteiger partial charge in [-0.2, -0.15) is 0 Å². The molecule has 0 aliphatic carbocycles. The van der Waals surface area contributed by atoms with E-state index in [0.29, 0.717) is 18.7 Å². The Morgan fingerprint density at radius 1 is 1.09 bits per heavy atom. The summed E-state index contributed by atoms with van der Waals surface area (Å²) in [7, 11) is 0. The van der Waals surface area contributed by atoms with E-state index >= 15 is 0 Å². The first-order valence-electron chi connectivity index (χ1n) is 8.03. The van der Waals surface area contributed by atoms with Crippen molar-refractivity contribution >= 4 is 11.6 Å². The lowest BCUT2D eigenvalue weighted by atomic mass is 9.93. The first-order valence-corrected chi connectivity index (χ1v) is 8.03. The number of fused-ring (bicyclic) bond motifs is 1. The molecule has 0 bridgehead atoms. The molecule has 4 heteroatoms. The van der Waals surface area contributed by atoms with Crippen LogP contribution >= 0.6 is 0 Å². The number of rotatable bonds is 4. The smallest absolute Gasteiger partial charge is 0.258 e. The van der Waals surface area contributed by atoms with Crippen molar-refractivity contribution in [2.24, 2.45) is 0 Å². The molecule has 4 nitrogen and oxygen atoms in total. The second-order valence-electron chi connectivity index (χ2n) is 5.72. The molecule has 23 heavy (non-hydrogen) atoms. The summed E-state index contributed by atoms with van der Waals surface area (Å²) >= 11 is 0. The Morgan fingerprint density at radius 3 is 2.52 bits per heavy atom. The third-order valence-electron chi connectivity index (χ3n) is 4.35. The highest BCUT2D eigenvalue weighted by Gasteiger charge is 2.43. The lowest BCUT2D eigenvalue weighted by Crippen LogP contribution is -2.55. The number of benzene rings is 2. The summed E-state index contributed by atoms with van der Waals surface area (Å²) in [4.78, 5) is 14.8. The first-order chi connectivity index (χ1) is 11.1. The summed E-state index contributed by atoms with van der Waals surface area (Å²) < 4.78 is 5.79. The van der Waals surface area contributed by atoms with E-state index in [1.54, 1.807) is 0 Å². The van der Waals surface area contributed by atoms with Gasteiger partial charge in [0.1, 0.15) is 11.4 Å². The van der Waals surface area contributed by atoms with Crippen LogP contribution in [0.4, 0.5) is 5.69 Å². The first kappa shape index (κ1) is 15.4. The molecule has 1 atom stereocenters. The highest BCUT2D eigenvalue weighted by Crippen LogP contribution is 2.40. The molecule has 1 aliphatic rings. The second-order valence-corrected chi connectivity index (χ2v) is 5.72. The third kappa shape index (κ3) is 2.44. The van der Waals surface area contributed by atoms with E-state index in [9.17, 15) is 4.79 Å². The number of anilines is 1. The molecule has 0 radical (unpaired) electrons. The molecule has 1 unspecified atom stereocenters. The molecule has 1 aliphatic heterocycles. The monoisotopic (exact) mass is 310 g/mol. The van der Waals surface area contributed by atoms with Gasteiger partial charge < -0.3 is 15.0 Å². The lowest BCUT2D eigenvalue weighted by molar-refractivity contribution is 0.0547. The van der Waals surface area contributed by atoms with Crippen molar-refractivity contribution in [2.45, 2.75) is 26.4 Å². The number of para-hydroxylation sites is 2. The summed E-state index contributed by atoms with van der Waals surface area (Å²) in [5, 5.41) is 3.54. The average molecular weight is 310 g/mol. The van der Waals surface area contributed by atoms with Crippen molar-refractivity contribution in [1.82, 2.24) is 4.90 Å². The van der Waals surface area contributed by atoms with Crippen molar-refractivity contribution in [3.8, 4) is 5.75 Å². The highest BCUT2D eigenvalue weighted by atomic mass is 16.5. The van der Waals surface area contributed by atoms with Crippen molar-refractivity contribution in [3.63, 3.8) is 0 Å². The van der Waals surface area contributed by atoms with Crippen molar-refractivity contribution in [2.75, 3.05) is 18.5 Å². The van der Waals surface area contributed by atoms with Gasteiger partial charge >= 0.3 is 0 Å². The maximum absolute atomic E-state index is 13.0. The summed E-state index contributed by atoms with van der Waals surface area (Å²) in [6.07, 6.45) is 0. The molecule has 0 fully saturated rings. The van der Waals surface area contributed by atoms with Crippen molar-refractivity contribution < 1.29 is 9.53 Å². The molecular formula is C19H22N2O2. The molecule has 3 rings (SSSR count). The largest absolute Gasteiger partial charge is 0.493 e. The summed E-state index contributed by atoms with van der Waals surface area (Å²) in [6.45, 7) is 7.18. The normalized spacial score (nSPS) is 20.0. The van der Waals surface area contributed by atoms with Crippen LogP contribution in [0.5, 0.6) is 5.75 Å². The van der Waals surface area contributed by atoms with Gasteiger partial charge in [-0.3, -0.25) is 4.79 Å². The van der Waals surface area contributed by atoms with Crippen LogP contribution < -0.4 is 10.1 Å². The Bertz CT molecular complexity index is 729. The Balaban J connectivity index is 2.15. The Labute approximate surface area is 137 Å². The molecule has 1 amide bonds. The third-order valence-corrected chi connectivity index (χ3v) is 4.35. The summed E-state index contributed by atoms with van der Waals surface area (Å²) in [6, 6.07) is 15.5. The van der Waals surface area contributed by atoms with E-state index in [-0.39, 0.29) is 5.91 Å². The van der Waals surface area contributed by atoms with Gasteiger partial charge in [-0.05, 0) is 39.0 Å². The molecule has 0 spiro atoms. The molecule has 1 heterocycles. The fourth-order valence-corrected chi connectivity index (χ4v) is 3.28. The topological polar surface area (TPSA) is 41.6 Å². The number of carbonyl (C=O) groups excluding carboxylic acids is 1. The van der Waals surface area contributed by atoms with Gasteiger partial charge in [0.25, 0.3) is 5.91 Å². The van der Waals surface area contributed by atoms with Crippen LogP contribution in [0.15, 0.2) is 48.5 Å². The maximum Gasteiger partial charge on any atom is 0.258 e. The summed E-state index contributed by atoms with van der Waals surface area (Å²) in [5.41, 5.74) is 1.88. The minimum atomic E-state index is -0.647. The second kappa shape index (κ2) is 5.95. The fraction of sp³-hybridized carbons (Fsp3) is 0.316. The zero-order valence-corrected chi connectivity index (χ0v) is 13.8. The molecule has 0 saturated carbocycles. The minimum Gasteiger partial charge on any atom is -0.493 e. The van der Waals surface area contributed by atoms with Crippen LogP contribution in [0.1, 0.15) is 36.7 Å². The van der Waals surface area contributed by atoms with Gasteiger partial charge in [-0.25, -0.2) is 0 Å². The molecule has 120 valence electrons. The molecule has 0 aromatic heterocycles. The van der Waals surface area contributed by atoms with Crippen LogP contribution in [0.3, 0.4) is 0 Å². The maximum atomic E-state index is 13.0. The Morgan fingerprint density at radius 2 is 1.78 bits per heavy atom. The van der Waals surface area contributed by atoms with Gasteiger partial charge in [0, 0.05) is 17.8 Å². The van der Waals surface area contributed by atoms with Gasteiger partial charge in [0.05, 0.1) is 12.2 Å². The fourth-order valence-electron chi connectivity index (χ4n) is 3.28. The number of nitrogens with zero attached hydrogens (tertiary/aromatic N) is 1. The van der Waals surface area contributed by atoms with E-state index < -0.39 is 5.66 Å².